The van der Waals surface area contributed by atoms with Gasteiger partial charge in [0.25, 0.3) is 0 Å². The summed E-state index contributed by atoms with van der Waals surface area (Å²) in [6.45, 7) is 4.57. The van der Waals surface area contributed by atoms with Gasteiger partial charge in [-0.1, -0.05) is 30.3 Å². The maximum atomic E-state index is 5.56. The molecule has 0 saturated heterocycles. The highest BCUT2D eigenvalue weighted by molar-refractivity contribution is 5.77. The van der Waals surface area contributed by atoms with Gasteiger partial charge in [0, 0.05) is 6.54 Å². The molecular formula is C12H19N3O. The smallest absolute Gasteiger partial charge is 0.188 e. The molecule has 0 spiro atoms. The summed E-state index contributed by atoms with van der Waals surface area (Å²) in [6.07, 6.45) is 0. The lowest BCUT2D eigenvalue weighted by molar-refractivity contribution is 0.128. The second-order valence-electron chi connectivity index (χ2n) is 3.34. The third kappa shape index (κ3) is 5.36. The van der Waals surface area contributed by atoms with Crippen molar-refractivity contribution in [1.29, 1.82) is 0 Å². The molecule has 0 radical (unpaired) electrons. The largest absolute Gasteiger partial charge is 0.375 e. The first-order valence-corrected chi connectivity index (χ1v) is 5.48. The Hall–Kier alpha value is -1.55. The molecule has 4 nitrogen and oxygen atoms in total. The molecule has 0 bridgehead atoms. The first-order valence-electron chi connectivity index (χ1n) is 5.48. The van der Waals surface area contributed by atoms with Crippen LogP contribution < -0.4 is 11.1 Å². The van der Waals surface area contributed by atoms with Gasteiger partial charge in [0.2, 0.25) is 0 Å². The molecule has 0 amide bonds. The normalized spacial score (nSPS) is 11.4. The summed E-state index contributed by atoms with van der Waals surface area (Å²) in [5.41, 5.74) is 6.73. The summed E-state index contributed by atoms with van der Waals surface area (Å²) >= 11 is 0. The number of aliphatic imine (C=N–C) groups is 1. The van der Waals surface area contributed by atoms with Crippen LogP contribution in [0, 0.1) is 0 Å². The van der Waals surface area contributed by atoms with Crippen molar-refractivity contribution in [2.75, 3.05) is 19.7 Å². The Morgan fingerprint density at radius 1 is 1.38 bits per heavy atom. The molecule has 3 N–H and O–H groups in total. The molecule has 0 aromatic heterocycles. The van der Waals surface area contributed by atoms with Gasteiger partial charge >= 0.3 is 0 Å². The van der Waals surface area contributed by atoms with Crippen LogP contribution in [0.1, 0.15) is 12.5 Å². The van der Waals surface area contributed by atoms with Gasteiger partial charge in [-0.3, -0.25) is 4.99 Å². The van der Waals surface area contributed by atoms with Crippen LogP contribution in [0.3, 0.4) is 0 Å². The molecule has 0 atom stereocenters. The standard InChI is InChI=1S/C12H19N3O/c1-2-14-12(13)15-8-9-16-10-11-6-4-3-5-7-11/h3-7H,2,8-10H2,1H3,(H3,13,14,15). The van der Waals surface area contributed by atoms with Gasteiger partial charge in [0.1, 0.15) is 0 Å². The Kier molecular flexibility index (Phi) is 6.03. The maximum Gasteiger partial charge on any atom is 0.188 e. The molecule has 0 aliphatic rings. The van der Waals surface area contributed by atoms with Crippen molar-refractivity contribution < 1.29 is 4.74 Å². The first kappa shape index (κ1) is 12.5. The molecule has 0 saturated carbocycles. The van der Waals surface area contributed by atoms with E-state index >= 15 is 0 Å². The molecule has 88 valence electrons. The molecule has 0 fully saturated rings. The van der Waals surface area contributed by atoms with Gasteiger partial charge < -0.3 is 15.8 Å². The van der Waals surface area contributed by atoms with Crippen molar-refractivity contribution >= 4 is 5.96 Å². The fourth-order valence-corrected chi connectivity index (χ4v) is 1.23. The average molecular weight is 221 g/mol. The second-order valence-corrected chi connectivity index (χ2v) is 3.34. The van der Waals surface area contributed by atoms with E-state index in [4.69, 9.17) is 10.5 Å². The molecular weight excluding hydrogens is 202 g/mol. The Bertz CT molecular complexity index is 311. The highest BCUT2D eigenvalue weighted by Crippen LogP contribution is 1.99. The van der Waals surface area contributed by atoms with E-state index < -0.39 is 0 Å². The number of hydrogen-bond acceptors (Lipinski definition) is 2. The van der Waals surface area contributed by atoms with Gasteiger partial charge in [-0.2, -0.15) is 0 Å². The molecule has 1 aromatic carbocycles. The zero-order valence-electron chi connectivity index (χ0n) is 9.65. The van der Waals surface area contributed by atoms with Crippen LogP contribution >= 0.6 is 0 Å². The number of hydrogen-bond donors (Lipinski definition) is 2. The quantitative estimate of drug-likeness (QED) is 0.430. The van der Waals surface area contributed by atoms with E-state index in [1.54, 1.807) is 0 Å². The summed E-state index contributed by atoms with van der Waals surface area (Å²) < 4.78 is 5.46. The highest BCUT2D eigenvalue weighted by atomic mass is 16.5. The van der Waals surface area contributed by atoms with Crippen LogP contribution in [0.2, 0.25) is 0 Å². The zero-order chi connectivity index (χ0) is 11.6. The van der Waals surface area contributed by atoms with Crippen LogP contribution in [-0.2, 0) is 11.3 Å². The van der Waals surface area contributed by atoms with Crippen molar-refractivity contribution in [2.24, 2.45) is 10.7 Å². The minimum atomic E-state index is 0.478. The number of benzene rings is 1. The van der Waals surface area contributed by atoms with Crippen molar-refractivity contribution in [3.05, 3.63) is 35.9 Å². The van der Waals surface area contributed by atoms with Gasteiger partial charge in [-0.05, 0) is 12.5 Å². The fraction of sp³-hybridized carbons (Fsp3) is 0.417. The van der Waals surface area contributed by atoms with Gasteiger partial charge in [0.15, 0.2) is 5.96 Å². The third-order valence-corrected chi connectivity index (χ3v) is 1.99. The Labute approximate surface area is 96.5 Å². The minimum Gasteiger partial charge on any atom is -0.375 e. The number of nitrogens with one attached hydrogen (secondary N) is 1. The fourth-order valence-electron chi connectivity index (χ4n) is 1.23. The monoisotopic (exact) mass is 221 g/mol. The molecule has 16 heavy (non-hydrogen) atoms. The van der Waals surface area contributed by atoms with Crippen LogP contribution in [-0.4, -0.2) is 25.7 Å². The summed E-state index contributed by atoms with van der Waals surface area (Å²) in [7, 11) is 0. The van der Waals surface area contributed by atoms with Crippen LogP contribution in [0.5, 0.6) is 0 Å². The third-order valence-electron chi connectivity index (χ3n) is 1.99. The SMILES string of the molecule is CCNC(N)=NCCOCc1ccccc1. The first-order chi connectivity index (χ1) is 7.83. The van der Waals surface area contributed by atoms with Crippen molar-refractivity contribution in [1.82, 2.24) is 5.32 Å². The molecule has 0 aliphatic carbocycles. The summed E-state index contributed by atoms with van der Waals surface area (Å²) in [5, 5.41) is 2.93. The Balaban J connectivity index is 2.11. The van der Waals surface area contributed by atoms with Crippen molar-refractivity contribution in [3.8, 4) is 0 Å². The number of ether oxygens (including phenoxy) is 1. The van der Waals surface area contributed by atoms with E-state index in [-0.39, 0.29) is 0 Å². The van der Waals surface area contributed by atoms with E-state index in [0.29, 0.717) is 25.7 Å². The molecule has 0 unspecified atom stereocenters. The van der Waals surface area contributed by atoms with Crippen LogP contribution in [0.4, 0.5) is 0 Å². The molecule has 1 rings (SSSR count). The molecule has 1 aromatic rings. The lowest BCUT2D eigenvalue weighted by atomic mass is 10.2. The number of rotatable bonds is 6. The molecule has 4 heteroatoms. The van der Waals surface area contributed by atoms with Gasteiger partial charge in [-0.15, -0.1) is 0 Å². The van der Waals surface area contributed by atoms with E-state index in [9.17, 15) is 0 Å². The number of nitrogens with two attached hydrogens (primary N) is 1. The summed E-state index contributed by atoms with van der Waals surface area (Å²) in [4.78, 5) is 4.10. The minimum absolute atomic E-state index is 0.478. The van der Waals surface area contributed by atoms with Crippen LogP contribution in [0.25, 0.3) is 0 Å². The Morgan fingerprint density at radius 2 is 2.12 bits per heavy atom. The highest BCUT2D eigenvalue weighted by Gasteiger charge is 1.91. The molecule has 0 heterocycles. The second kappa shape index (κ2) is 7.70. The lowest BCUT2D eigenvalue weighted by Crippen LogP contribution is -2.31. The average Bonchev–Trinajstić information content (AvgIpc) is 2.30. The van der Waals surface area contributed by atoms with Crippen molar-refractivity contribution in [3.63, 3.8) is 0 Å². The van der Waals surface area contributed by atoms with E-state index in [0.717, 1.165) is 6.54 Å². The zero-order valence-corrected chi connectivity index (χ0v) is 9.65. The topological polar surface area (TPSA) is 59.6 Å². The Morgan fingerprint density at radius 3 is 2.81 bits per heavy atom. The predicted octanol–water partition coefficient (Wildman–Crippen LogP) is 1.13. The van der Waals surface area contributed by atoms with Crippen LogP contribution in [0.15, 0.2) is 35.3 Å². The van der Waals surface area contributed by atoms with Gasteiger partial charge in [-0.25, -0.2) is 0 Å². The predicted molar refractivity (Wildman–Crippen MR) is 66.3 cm³/mol. The van der Waals surface area contributed by atoms with E-state index in [1.807, 2.05) is 37.3 Å². The number of nitrogens with zero attached hydrogens (tertiary/aromatic N) is 1. The summed E-state index contributed by atoms with van der Waals surface area (Å²) in [6, 6.07) is 10.1. The molecule has 0 aliphatic heterocycles. The maximum absolute atomic E-state index is 5.56. The number of guanidine groups is 1. The van der Waals surface area contributed by atoms with E-state index in [1.165, 1.54) is 5.56 Å². The van der Waals surface area contributed by atoms with Crippen molar-refractivity contribution in [2.45, 2.75) is 13.5 Å². The van der Waals surface area contributed by atoms with Gasteiger partial charge in [0.05, 0.1) is 19.8 Å². The van der Waals surface area contributed by atoms with E-state index in [2.05, 4.69) is 10.3 Å². The lowest BCUT2D eigenvalue weighted by Gasteiger charge is -2.03. The summed E-state index contributed by atoms with van der Waals surface area (Å²) in [5.74, 6) is 0.478.